The van der Waals surface area contributed by atoms with Crippen molar-refractivity contribution >= 4 is 34.8 Å². The minimum Gasteiger partial charge on any atom is -0.324 e. The number of hydrogen-bond donors (Lipinski definition) is 2. The summed E-state index contributed by atoms with van der Waals surface area (Å²) in [5.41, 5.74) is 0.633. The van der Waals surface area contributed by atoms with Crippen molar-refractivity contribution in [3.63, 3.8) is 0 Å². The maximum absolute atomic E-state index is 12.2. The van der Waals surface area contributed by atoms with Gasteiger partial charge in [-0.3, -0.25) is 4.79 Å². The summed E-state index contributed by atoms with van der Waals surface area (Å²) in [4.78, 5) is 12.2. The van der Waals surface area contributed by atoms with Gasteiger partial charge in [-0.1, -0.05) is 23.2 Å². The molecule has 96 valence electrons. The normalized spacial score (nSPS) is 29.6. The van der Waals surface area contributed by atoms with Gasteiger partial charge in [0.15, 0.2) is 0 Å². The van der Waals surface area contributed by atoms with Crippen LogP contribution in [0.25, 0.3) is 0 Å². The highest BCUT2D eigenvalue weighted by molar-refractivity contribution is 6.36. The van der Waals surface area contributed by atoms with Crippen LogP contribution in [0.3, 0.4) is 0 Å². The Labute approximate surface area is 116 Å². The van der Waals surface area contributed by atoms with Gasteiger partial charge in [-0.25, -0.2) is 0 Å². The molecule has 2 heterocycles. The molecular formula is C13H14Cl2N2O. The maximum Gasteiger partial charge on any atom is 0.229 e. The molecule has 2 aliphatic heterocycles. The zero-order valence-corrected chi connectivity index (χ0v) is 11.3. The second kappa shape index (κ2) is 4.72. The van der Waals surface area contributed by atoms with E-state index in [1.807, 2.05) is 0 Å². The van der Waals surface area contributed by atoms with E-state index in [9.17, 15) is 4.79 Å². The molecule has 2 aliphatic rings. The van der Waals surface area contributed by atoms with Crippen LogP contribution >= 0.6 is 23.2 Å². The Kier molecular flexibility index (Phi) is 3.22. The van der Waals surface area contributed by atoms with Crippen LogP contribution in [0.2, 0.25) is 10.0 Å². The minimum atomic E-state index is 0.0546. The molecule has 0 aliphatic carbocycles. The van der Waals surface area contributed by atoms with E-state index in [0.29, 0.717) is 27.8 Å². The summed E-state index contributed by atoms with van der Waals surface area (Å²) in [5, 5.41) is 7.40. The molecule has 3 rings (SSSR count). The van der Waals surface area contributed by atoms with E-state index in [1.165, 1.54) is 6.42 Å². The molecule has 18 heavy (non-hydrogen) atoms. The lowest BCUT2D eigenvalue weighted by Crippen LogP contribution is -2.32. The molecule has 2 N–H and O–H groups in total. The van der Waals surface area contributed by atoms with Gasteiger partial charge in [-0.15, -0.1) is 0 Å². The van der Waals surface area contributed by atoms with E-state index < -0.39 is 0 Å². The average molecular weight is 285 g/mol. The predicted molar refractivity (Wildman–Crippen MR) is 73.1 cm³/mol. The van der Waals surface area contributed by atoms with Crippen LogP contribution in [0.15, 0.2) is 18.2 Å². The van der Waals surface area contributed by atoms with Crippen LogP contribution < -0.4 is 10.6 Å². The highest BCUT2D eigenvalue weighted by atomic mass is 35.5. The Morgan fingerprint density at radius 1 is 1.33 bits per heavy atom. The fourth-order valence-electron chi connectivity index (χ4n) is 2.93. The number of halogens is 2. The van der Waals surface area contributed by atoms with Crippen LogP contribution in [-0.2, 0) is 4.79 Å². The van der Waals surface area contributed by atoms with Gasteiger partial charge in [-0.2, -0.15) is 0 Å². The van der Waals surface area contributed by atoms with Gasteiger partial charge in [-0.05, 0) is 37.5 Å². The quantitative estimate of drug-likeness (QED) is 0.876. The minimum absolute atomic E-state index is 0.0546. The Morgan fingerprint density at radius 3 is 2.78 bits per heavy atom. The molecule has 0 saturated carbocycles. The Balaban J connectivity index is 1.71. The molecule has 1 amide bonds. The van der Waals surface area contributed by atoms with Crippen molar-refractivity contribution in [2.24, 2.45) is 5.92 Å². The monoisotopic (exact) mass is 284 g/mol. The summed E-state index contributed by atoms with van der Waals surface area (Å²) in [6, 6.07) is 5.95. The second-order valence-corrected chi connectivity index (χ2v) is 5.85. The number of rotatable bonds is 2. The highest BCUT2D eigenvalue weighted by Gasteiger charge is 2.42. The van der Waals surface area contributed by atoms with E-state index in [4.69, 9.17) is 23.2 Å². The Hall–Kier alpha value is -0.770. The highest BCUT2D eigenvalue weighted by Crippen LogP contribution is 2.34. The first kappa shape index (κ1) is 12.3. The molecule has 2 fully saturated rings. The fraction of sp³-hybridized carbons (Fsp3) is 0.462. The number of benzene rings is 1. The predicted octanol–water partition coefficient (Wildman–Crippen LogP) is 3.07. The molecule has 1 aromatic carbocycles. The molecule has 2 bridgehead atoms. The van der Waals surface area contributed by atoms with E-state index >= 15 is 0 Å². The Morgan fingerprint density at radius 2 is 2.17 bits per heavy atom. The summed E-state index contributed by atoms with van der Waals surface area (Å²) >= 11 is 11.9. The lowest BCUT2D eigenvalue weighted by atomic mass is 9.88. The van der Waals surface area contributed by atoms with E-state index in [1.54, 1.807) is 18.2 Å². The van der Waals surface area contributed by atoms with Crippen molar-refractivity contribution in [3.05, 3.63) is 28.2 Å². The number of carbonyl (C=O) groups excluding carboxylic acids is 1. The van der Waals surface area contributed by atoms with Gasteiger partial charge in [0.05, 0.1) is 16.6 Å². The van der Waals surface area contributed by atoms with E-state index in [0.717, 1.165) is 12.8 Å². The molecule has 0 aromatic heterocycles. The Bertz CT molecular complexity index is 492. The number of carbonyl (C=O) groups is 1. The van der Waals surface area contributed by atoms with Gasteiger partial charge >= 0.3 is 0 Å². The molecule has 1 aromatic rings. The van der Waals surface area contributed by atoms with Crippen molar-refractivity contribution in [1.29, 1.82) is 0 Å². The van der Waals surface area contributed by atoms with Crippen LogP contribution in [0.4, 0.5) is 5.69 Å². The number of hydrogen-bond acceptors (Lipinski definition) is 2. The van der Waals surface area contributed by atoms with Gasteiger partial charge in [0.2, 0.25) is 5.91 Å². The zero-order chi connectivity index (χ0) is 12.7. The first-order chi connectivity index (χ1) is 8.63. The van der Waals surface area contributed by atoms with Crippen LogP contribution in [0, 0.1) is 5.92 Å². The third-order valence-electron chi connectivity index (χ3n) is 3.83. The molecule has 3 atom stereocenters. The fourth-order valence-corrected chi connectivity index (χ4v) is 3.39. The maximum atomic E-state index is 12.2. The standard InChI is InChI=1S/C13H14Cl2N2O/c14-7-1-3-12(10(15)5-7)17-13(18)9-6-8-2-4-11(9)16-8/h1,3,5,8-9,11,16H,2,4,6H2,(H,17,18). The molecule has 3 unspecified atom stereocenters. The summed E-state index contributed by atoms with van der Waals surface area (Å²) in [6.45, 7) is 0. The van der Waals surface area contributed by atoms with Crippen LogP contribution in [0.1, 0.15) is 19.3 Å². The van der Waals surface area contributed by atoms with Crippen molar-refractivity contribution < 1.29 is 4.79 Å². The van der Waals surface area contributed by atoms with E-state index in [-0.39, 0.29) is 11.8 Å². The topological polar surface area (TPSA) is 41.1 Å². The van der Waals surface area contributed by atoms with Gasteiger partial charge < -0.3 is 10.6 Å². The molecule has 0 spiro atoms. The van der Waals surface area contributed by atoms with Crippen molar-refractivity contribution in [1.82, 2.24) is 5.32 Å². The number of fused-ring (bicyclic) bond motifs is 2. The number of anilines is 1. The smallest absolute Gasteiger partial charge is 0.229 e. The lowest BCUT2D eigenvalue weighted by Gasteiger charge is -2.19. The van der Waals surface area contributed by atoms with Crippen LogP contribution in [0.5, 0.6) is 0 Å². The van der Waals surface area contributed by atoms with Gasteiger partial charge in [0, 0.05) is 17.1 Å². The average Bonchev–Trinajstić information content (AvgIpc) is 2.94. The molecular weight excluding hydrogens is 271 g/mol. The van der Waals surface area contributed by atoms with E-state index in [2.05, 4.69) is 10.6 Å². The first-order valence-electron chi connectivity index (χ1n) is 6.15. The van der Waals surface area contributed by atoms with Crippen molar-refractivity contribution in [2.45, 2.75) is 31.3 Å². The van der Waals surface area contributed by atoms with Crippen molar-refractivity contribution in [3.8, 4) is 0 Å². The second-order valence-electron chi connectivity index (χ2n) is 5.00. The SMILES string of the molecule is O=C(Nc1ccc(Cl)cc1Cl)C1CC2CCC1N2. The summed E-state index contributed by atoms with van der Waals surface area (Å²) in [7, 11) is 0. The molecule has 5 heteroatoms. The van der Waals surface area contributed by atoms with Crippen molar-refractivity contribution in [2.75, 3.05) is 5.32 Å². The van der Waals surface area contributed by atoms with Gasteiger partial charge in [0.1, 0.15) is 0 Å². The first-order valence-corrected chi connectivity index (χ1v) is 6.91. The molecule has 0 radical (unpaired) electrons. The summed E-state index contributed by atoms with van der Waals surface area (Å²) < 4.78 is 0. The largest absolute Gasteiger partial charge is 0.324 e. The molecule has 2 saturated heterocycles. The zero-order valence-electron chi connectivity index (χ0n) is 9.75. The van der Waals surface area contributed by atoms with Gasteiger partial charge in [0.25, 0.3) is 0 Å². The third kappa shape index (κ3) is 2.22. The summed E-state index contributed by atoms with van der Waals surface area (Å²) in [6.07, 6.45) is 3.22. The third-order valence-corrected chi connectivity index (χ3v) is 4.37. The summed E-state index contributed by atoms with van der Waals surface area (Å²) in [5.74, 6) is 0.120. The van der Waals surface area contributed by atoms with Crippen LogP contribution in [-0.4, -0.2) is 18.0 Å². The number of nitrogens with one attached hydrogen (secondary N) is 2. The molecule has 3 nitrogen and oxygen atoms in total. The lowest BCUT2D eigenvalue weighted by molar-refractivity contribution is -0.120. The number of amides is 1.